The fourth-order valence-corrected chi connectivity index (χ4v) is 3.74. The molecule has 1 aliphatic heterocycles. The van der Waals surface area contributed by atoms with Crippen molar-refractivity contribution < 1.29 is 24.1 Å². The fourth-order valence-electron chi connectivity index (χ4n) is 2.27. The Labute approximate surface area is 140 Å². The number of aliphatic carboxylic acids is 1. The summed E-state index contributed by atoms with van der Waals surface area (Å²) in [6, 6.07) is -1.42. The third-order valence-corrected chi connectivity index (χ3v) is 5.33. The molecule has 0 bridgehead atoms. The van der Waals surface area contributed by atoms with Crippen molar-refractivity contribution >= 4 is 25.7 Å². The van der Waals surface area contributed by atoms with Crippen LogP contribution in [-0.4, -0.2) is 53.3 Å². The fraction of sp³-hybridized carbons (Fsp3) is 0.769. The monoisotopic (exact) mass is 362 g/mol. The molecule has 8 N–H and O–H groups in total. The summed E-state index contributed by atoms with van der Waals surface area (Å²) < 4.78 is 12.5. The highest BCUT2D eigenvalue weighted by molar-refractivity contribution is 7.44. The van der Waals surface area contributed by atoms with Crippen LogP contribution in [0.5, 0.6) is 0 Å². The zero-order valence-electron chi connectivity index (χ0n) is 13.6. The lowest BCUT2D eigenvalue weighted by atomic mass is 10.0. The van der Waals surface area contributed by atoms with Crippen molar-refractivity contribution in [3.8, 4) is 0 Å². The smallest absolute Gasteiger partial charge is 0.447 e. The molecule has 1 aliphatic rings. The number of hydrogen-bond donors (Lipinski definition) is 6. The summed E-state index contributed by atoms with van der Waals surface area (Å²) in [4.78, 5) is 35.1. The standard InChI is InChI=1S/C13H24N5O5P/c1-2-5-17-12(22)13(15,7-8(14)11(20)21)18-24(23)9-4-3-6-16-10(9)19/h8-9H,2-7,14-15H2,1H3,(H3-,16,17,18,19,20,21,22,23)/p+1/t8?,9-,13?/m0/s1. The molecule has 24 heavy (non-hydrogen) atoms. The number of piperidine rings is 1. The second-order valence-corrected chi connectivity index (χ2v) is 7.26. The van der Waals surface area contributed by atoms with Crippen LogP contribution >= 0.6 is 7.95 Å². The minimum Gasteiger partial charge on any atom is -0.480 e. The van der Waals surface area contributed by atoms with E-state index in [0.29, 0.717) is 32.4 Å². The molecule has 1 saturated heterocycles. The minimum absolute atomic E-state index is 0.322. The van der Waals surface area contributed by atoms with E-state index in [1.165, 1.54) is 0 Å². The molecule has 11 heteroatoms. The molecule has 0 spiro atoms. The van der Waals surface area contributed by atoms with Gasteiger partial charge in [0.2, 0.25) is 0 Å². The van der Waals surface area contributed by atoms with Crippen molar-refractivity contribution in [1.29, 1.82) is 0 Å². The Kier molecular flexibility index (Phi) is 7.68. The Hall–Kier alpha value is -1.61. The van der Waals surface area contributed by atoms with Gasteiger partial charge in [0, 0.05) is 25.9 Å². The lowest BCUT2D eigenvalue weighted by molar-refractivity contribution is -0.139. The van der Waals surface area contributed by atoms with E-state index in [0.717, 1.165) is 0 Å². The van der Waals surface area contributed by atoms with Gasteiger partial charge >= 0.3 is 13.9 Å². The second-order valence-electron chi connectivity index (χ2n) is 5.76. The lowest BCUT2D eigenvalue weighted by Gasteiger charge is -2.27. The number of carboxylic acid groups (broad SMARTS) is 1. The van der Waals surface area contributed by atoms with E-state index in [1.54, 1.807) is 0 Å². The summed E-state index contributed by atoms with van der Waals surface area (Å²) in [5, 5.41) is 16.5. The number of rotatable bonds is 9. The van der Waals surface area contributed by atoms with Crippen LogP contribution in [0.1, 0.15) is 32.6 Å². The number of nitrogens with two attached hydrogens (primary N) is 2. The quantitative estimate of drug-likeness (QED) is 0.214. The van der Waals surface area contributed by atoms with E-state index in [9.17, 15) is 18.9 Å². The van der Waals surface area contributed by atoms with Gasteiger partial charge in [-0.05, 0) is 17.4 Å². The summed E-state index contributed by atoms with van der Waals surface area (Å²) in [5.41, 5.74) is 8.70. The highest BCUT2D eigenvalue weighted by Crippen LogP contribution is 2.32. The van der Waals surface area contributed by atoms with Gasteiger partial charge in [-0.3, -0.25) is 14.4 Å². The molecule has 1 heterocycles. The van der Waals surface area contributed by atoms with Crippen LogP contribution in [0.25, 0.3) is 0 Å². The Balaban J connectivity index is 2.90. The molecule has 4 atom stereocenters. The highest BCUT2D eigenvalue weighted by Gasteiger charge is 2.48. The number of carbonyl (C=O) groups excluding carboxylic acids is 2. The molecule has 0 saturated carbocycles. The van der Waals surface area contributed by atoms with Crippen LogP contribution in [0.3, 0.4) is 0 Å². The number of carbonyl (C=O) groups is 3. The molecule has 1 fully saturated rings. The van der Waals surface area contributed by atoms with E-state index < -0.39 is 43.6 Å². The van der Waals surface area contributed by atoms with Crippen LogP contribution in [-0.2, 0) is 18.9 Å². The second kappa shape index (κ2) is 9.03. The third-order valence-electron chi connectivity index (χ3n) is 3.65. The van der Waals surface area contributed by atoms with Crippen molar-refractivity contribution in [3.05, 3.63) is 0 Å². The largest absolute Gasteiger partial charge is 0.480 e. The zero-order chi connectivity index (χ0) is 18.3. The Morgan fingerprint density at radius 3 is 2.75 bits per heavy atom. The summed E-state index contributed by atoms with van der Waals surface area (Å²) >= 11 is 0. The van der Waals surface area contributed by atoms with Gasteiger partial charge in [0.05, 0.1) is 0 Å². The van der Waals surface area contributed by atoms with Gasteiger partial charge in [0.15, 0.2) is 5.66 Å². The van der Waals surface area contributed by atoms with Crippen LogP contribution in [0.15, 0.2) is 0 Å². The van der Waals surface area contributed by atoms with Crippen molar-refractivity contribution in [1.82, 2.24) is 15.7 Å². The van der Waals surface area contributed by atoms with Crippen molar-refractivity contribution in [3.63, 3.8) is 0 Å². The molecule has 2 amide bonds. The van der Waals surface area contributed by atoms with E-state index >= 15 is 0 Å². The molecule has 10 nitrogen and oxygen atoms in total. The van der Waals surface area contributed by atoms with Gasteiger partial charge in [-0.25, -0.2) is 0 Å². The van der Waals surface area contributed by atoms with E-state index in [4.69, 9.17) is 16.6 Å². The number of nitrogens with one attached hydrogen (secondary N) is 3. The Morgan fingerprint density at radius 2 is 2.21 bits per heavy atom. The summed E-state index contributed by atoms with van der Waals surface area (Å²) in [7, 11) is -2.37. The normalized spacial score (nSPS) is 22.0. The van der Waals surface area contributed by atoms with Crippen LogP contribution in [0.2, 0.25) is 0 Å². The minimum atomic E-state index is -2.37. The maximum absolute atomic E-state index is 12.5. The molecule has 3 unspecified atom stereocenters. The van der Waals surface area contributed by atoms with Gasteiger partial charge in [-0.15, -0.1) is 0 Å². The lowest BCUT2D eigenvalue weighted by Crippen LogP contribution is -2.65. The zero-order valence-corrected chi connectivity index (χ0v) is 14.5. The van der Waals surface area contributed by atoms with Gasteiger partial charge in [0.1, 0.15) is 6.04 Å². The summed E-state index contributed by atoms with van der Waals surface area (Å²) in [6.45, 7) is 2.66. The predicted octanol–water partition coefficient (Wildman–Crippen LogP) is -1.42. The summed E-state index contributed by atoms with van der Waals surface area (Å²) in [5.74, 6) is -2.42. The SMILES string of the molecule is CCCNC(=O)C(N)(CC(N)C(=O)O)N[P+](=O)[C@H]1CCCNC1=O. The molecule has 0 aromatic carbocycles. The first kappa shape index (κ1) is 20.4. The Bertz CT molecular complexity index is 517. The van der Waals surface area contributed by atoms with Crippen LogP contribution < -0.4 is 27.2 Å². The molecule has 136 valence electrons. The van der Waals surface area contributed by atoms with Crippen molar-refractivity contribution in [2.45, 2.75) is 50.0 Å². The number of carboxylic acids is 1. The third kappa shape index (κ3) is 5.48. The Morgan fingerprint density at radius 1 is 1.54 bits per heavy atom. The van der Waals surface area contributed by atoms with Gasteiger partial charge in [-0.2, -0.15) is 0 Å². The van der Waals surface area contributed by atoms with E-state index in [1.807, 2.05) is 6.92 Å². The molecule has 1 rings (SSSR count). The molecule has 0 aliphatic carbocycles. The summed E-state index contributed by atoms with van der Waals surface area (Å²) in [6.07, 6.45) is 1.23. The van der Waals surface area contributed by atoms with Gasteiger partial charge < -0.3 is 27.2 Å². The molecular formula is C13H25N5O5P+. The average Bonchev–Trinajstić information content (AvgIpc) is 2.52. The molecule has 0 aromatic heterocycles. The van der Waals surface area contributed by atoms with Gasteiger partial charge in [-0.1, -0.05) is 12.0 Å². The first-order valence-corrected chi connectivity index (χ1v) is 9.11. The number of hydrogen-bond acceptors (Lipinski definition) is 6. The highest BCUT2D eigenvalue weighted by atomic mass is 31.1. The van der Waals surface area contributed by atoms with Crippen LogP contribution in [0.4, 0.5) is 0 Å². The van der Waals surface area contributed by atoms with Gasteiger partial charge in [0.25, 0.3) is 17.5 Å². The topological polar surface area (TPSA) is 177 Å². The average molecular weight is 362 g/mol. The maximum Gasteiger partial charge on any atom is 0.447 e. The van der Waals surface area contributed by atoms with E-state index in [2.05, 4.69) is 15.7 Å². The van der Waals surface area contributed by atoms with E-state index in [-0.39, 0.29) is 5.91 Å². The van der Waals surface area contributed by atoms with Crippen molar-refractivity contribution in [2.24, 2.45) is 11.5 Å². The molecule has 0 aromatic rings. The number of amides is 2. The van der Waals surface area contributed by atoms with Crippen molar-refractivity contribution in [2.75, 3.05) is 13.1 Å². The molecular weight excluding hydrogens is 337 g/mol. The maximum atomic E-state index is 12.5. The first-order valence-electron chi connectivity index (χ1n) is 7.78. The first-order chi connectivity index (χ1) is 11.2. The predicted molar refractivity (Wildman–Crippen MR) is 87.2 cm³/mol. The molecule has 0 radical (unpaired) electrons. The van der Waals surface area contributed by atoms with Crippen LogP contribution in [0, 0.1) is 0 Å².